The van der Waals surface area contributed by atoms with Crippen LogP contribution in [0.15, 0.2) is 48.7 Å². The van der Waals surface area contributed by atoms with E-state index < -0.39 is 6.36 Å². The van der Waals surface area contributed by atoms with Gasteiger partial charge in [-0.2, -0.15) is 0 Å². The quantitative estimate of drug-likeness (QED) is 0.854. The van der Waals surface area contributed by atoms with E-state index in [0.29, 0.717) is 12.2 Å². The molecular weight excluding hydrogens is 359 g/mol. The van der Waals surface area contributed by atoms with Gasteiger partial charge in [0.2, 0.25) is 5.91 Å². The zero-order valence-electron chi connectivity index (χ0n) is 14.6. The molecule has 1 amide bonds. The minimum absolute atomic E-state index is 0.171. The third-order valence-electron chi connectivity index (χ3n) is 4.36. The van der Waals surface area contributed by atoms with Crippen LogP contribution < -0.4 is 10.1 Å². The Morgan fingerprint density at radius 3 is 2.63 bits per heavy atom. The summed E-state index contributed by atoms with van der Waals surface area (Å²) in [5.74, 6) is -0.495. The fourth-order valence-corrected chi connectivity index (χ4v) is 3.14. The molecule has 1 aromatic heterocycles. The molecule has 27 heavy (non-hydrogen) atoms. The standard InChI is InChI=1S/C19H20F3N3O2/c20-19(21,22)27-16-9-7-14(8-10-16)24-18(26)17-6-2-4-12-25(17)13-15-5-1-3-11-23-15/h1,3,5,7-11,17H,2,4,6,12-13H2,(H,24,26)/t17-/m1/s1. The number of hydrogen-bond acceptors (Lipinski definition) is 4. The zero-order chi connectivity index (χ0) is 19.3. The van der Waals surface area contributed by atoms with E-state index >= 15 is 0 Å². The van der Waals surface area contributed by atoms with Crippen LogP contribution in [0.1, 0.15) is 25.0 Å². The van der Waals surface area contributed by atoms with Crippen LogP contribution in [0.5, 0.6) is 5.75 Å². The van der Waals surface area contributed by atoms with Crippen LogP contribution in [0.4, 0.5) is 18.9 Å². The Morgan fingerprint density at radius 1 is 1.19 bits per heavy atom. The van der Waals surface area contributed by atoms with E-state index in [4.69, 9.17) is 0 Å². The normalized spacial score (nSPS) is 18.1. The number of benzene rings is 1. The SMILES string of the molecule is O=C(Nc1ccc(OC(F)(F)F)cc1)[C@H]1CCCCN1Cc1ccccn1. The first-order valence-electron chi connectivity index (χ1n) is 8.71. The molecule has 8 heteroatoms. The largest absolute Gasteiger partial charge is 0.573 e. The number of alkyl halides is 3. The second kappa shape index (κ2) is 8.39. The molecule has 1 fully saturated rings. The van der Waals surface area contributed by atoms with E-state index in [2.05, 4.69) is 19.9 Å². The number of aromatic nitrogens is 1. The highest BCUT2D eigenvalue weighted by molar-refractivity contribution is 5.94. The van der Waals surface area contributed by atoms with Crippen molar-refractivity contribution in [3.8, 4) is 5.75 Å². The summed E-state index contributed by atoms with van der Waals surface area (Å²) < 4.78 is 40.5. The van der Waals surface area contributed by atoms with Gasteiger partial charge in [-0.3, -0.25) is 14.7 Å². The van der Waals surface area contributed by atoms with Gasteiger partial charge >= 0.3 is 6.36 Å². The van der Waals surface area contributed by atoms with Crippen LogP contribution in [0, 0.1) is 0 Å². The fraction of sp³-hybridized carbons (Fsp3) is 0.368. The van der Waals surface area contributed by atoms with Crippen molar-refractivity contribution >= 4 is 11.6 Å². The summed E-state index contributed by atoms with van der Waals surface area (Å²) in [7, 11) is 0. The van der Waals surface area contributed by atoms with Crippen LogP contribution in [0.25, 0.3) is 0 Å². The molecule has 0 bridgehead atoms. The van der Waals surface area contributed by atoms with Crippen molar-refractivity contribution in [1.82, 2.24) is 9.88 Å². The molecule has 5 nitrogen and oxygen atoms in total. The van der Waals surface area contributed by atoms with Crippen molar-refractivity contribution in [2.75, 3.05) is 11.9 Å². The van der Waals surface area contributed by atoms with E-state index in [1.54, 1.807) is 6.20 Å². The number of pyridine rings is 1. The molecule has 1 atom stereocenters. The van der Waals surface area contributed by atoms with Crippen molar-refractivity contribution in [3.05, 3.63) is 54.4 Å². The lowest BCUT2D eigenvalue weighted by atomic mass is 10.0. The molecule has 1 N–H and O–H groups in total. The second-order valence-electron chi connectivity index (χ2n) is 6.36. The van der Waals surface area contributed by atoms with Gasteiger partial charge in [-0.05, 0) is 55.8 Å². The topological polar surface area (TPSA) is 54.5 Å². The van der Waals surface area contributed by atoms with Crippen molar-refractivity contribution in [3.63, 3.8) is 0 Å². The first kappa shape index (κ1) is 19.2. The number of anilines is 1. The Hall–Kier alpha value is -2.61. The minimum Gasteiger partial charge on any atom is -0.406 e. The Kier molecular flexibility index (Phi) is 5.95. The van der Waals surface area contributed by atoms with Crippen LogP contribution in [-0.2, 0) is 11.3 Å². The van der Waals surface area contributed by atoms with Gasteiger partial charge in [0.1, 0.15) is 5.75 Å². The molecule has 2 heterocycles. The maximum Gasteiger partial charge on any atom is 0.573 e. The highest BCUT2D eigenvalue weighted by Crippen LogP contribution is 2.25. The smallest absolute Gasteiger partial charge is 0.406 e. The summed E-state index contributed by atoms with van der Waals surface area (Å²) in [6, 6.07) is 10.5. The predicted octanol–water partition coefficient (Wildman–Crippen LogP) is 3.97. The highest BCUT2D eigenvalue weighted by atomic mass is 19.4. The number of nitrogens with zero attached hydrogens (tertiary/aromatic N) is 2. The number of hydrogen-bond donors (Lipinski definition) is 1. The Balaban J connectivity index is 1.63. The predicted molar refractivity (Wildman–Crippen MR) is 94.0 cm³/mol. The first-order valence-corrected chi connectivity index (χ1v) is 8.71. The fourth-order valence-electron chi connectivity index (χ4n) is 3.14. The lowest BCUT2D eigenvalue weighted by molar-refractivity contribution is -0.274. The van der Waals surface area contributed by atoms with Crippen molar-refractivity contribution in [2.45, 2.75) is 38.2 Å². The number of ether oxygens (including phenoxy) is 1. The van der Waals surface area contributed by atoms with Gasteiger partial charge in [0, 0.05) is 18.4 Å². The van der Waals surface area contributed by atoms with Crippen LogP contribution in [0.3, 0.4) is 0 Å². The number of carbonyl (C=O) groups is 1. The van der Waals surface area contributed by atoms with E-state index in [-0.39, 0.29) is 17.7 Å². The number of carbonyl (C=O) groups excluding carboxylic acids is 1. The summed E-state index contributed by atoms with van der Waals surface area (Å²) in [6.07, 6.45) is -0.318. The van der Waals surface area contributed by atoms with Gasteiger partial charge in [0.15, 0.2) is 0 Å². The maximum atomic E-state index is 12.7. The second-order valence-corrected chi connectivity index (χ2v) is 6.36. The summed E-state index contributed by atoms with van der Waals surface area (Å²) in [6.45, 7) is 1.38. The Labute approximate surface area is 155 Å². The summed E-state index contributed by atoms with van der Waals surface area (Å²) in [5.41, 5.74) is 1.32. The number of halogens is 3. The average molecular weight is 379 g/mol. The molecule has 144 valence electrons. The van der Waals surface area contributed by atoms with Gasteiger partial charge in [-0.15, -0.1) is 13.2 Å². The molecule has 0 unspecified atom stereocenters. The molecule has 0 aliphatic carbocycles. The van der Waals surface area contributed by atoms with Gasteiger partial charge in [-0.1, -0.05) is 12.5 Å². The molecule has 1 aliphatic heterocycles. The van der Waals surface area contributed by atoms with E-state index in [0.717, 1.165) is 31.5 Å². The number of piperidine rings is 1. The molecule has 3 rings (SSSR count). The molecule has 0 radical (unpaired) electrons. The van der Waals surface area contributed by atoms with Gasteiger partial charge in [0.05, 0.1) is 11.7 Å². The third kappa shape index (κ3) is 5.68. The molecule has 0 spiro atoms. The summed E-state index contributed by atoms with van der Waals surface area (Å²) >= 11 is 0. The van der Waals surface area contributed by atoms with E-state index in [1.807, 2.05) is 18.2 Å². The molecule has 2 aromatic rings. The number of rotatable bonds is 5. The molecule has 1 aliphatic rings. The third-order valence-corrected chi connectivity index (χ3v) is 4.36. The van der Waals surface area contributed by atoms with Gasteiger partial charge in [-0.25, -0.2) is 0 Å². The number of amides is 1. The van der Waals surface area contributed by atoms with Crippen LogP contribution in [0.2, 0.25) is 0 Å². The number of likely N-dealkylation sites (tertiary alicyclic amines) is 1. The molecule has 1 aromatic carbocycles. The molecule has 1 saturated heterocycles. The van der Waals surface area contributed by atoms with E-state index in [1.165, 1.54) is 24.3 Å². The number of nitrogens with one attached hydrogen (secondary N) is 1. The summed E-state index contributed by atoms with van der Waals surface area (Å²) in [5, 5.41) is 2.78. The molecule has 0 saturated carbocycles. The highest BCUT2D eigenvalue weighted by Gasteiger charge is 2.31. The lowest BCUT2D eigenvalue weighted by Crippen LogP contribution is -2.46. The van der Waals surface area contributed by atoms with Gasteiger partial charge < -0.3 is 10.1 Å². The van der Waals surface area contributed by atoms with Gasteiger partial charge in [0.25, 0.3) is 0 Å². The van der Waals surface area contributed by atoms with Crippen molar-refractivity contribution in [2.24, 2.45) is 0 Å². The van der Waals surface area contributed by atoms with Crippen LogP contribution in [-0.4, -0.2) is 34.7 Å². The monoisotopic (exact) mass is 379 g/mol. The first-order chi connectivity index (χ1) is 12.9. The zero-order valence-corrected chi connectivity index (χ0v) is 14.6. The van der Waals surface area contributed by atoms with E-state index in [9.17, 15) is 18.0 Å². The Bertz CT molecular complexity index is 751. The summed E-state index contributed by atoms with van der Waals surface area (Å²) in [4.78, 5) is 19.1. The molecular formula is C19H20F3N3O2. The average Bonchev–Trinajstić information content (AvgIpc) is 2.63. The maximum absolute atomic E-state index is 12.7. The van der Waals surface area contributed by atoms with Crippen LogP contribution >= 0.6 is 0 Å². The minimum atomic E-state index is -4.74. The van der Waals surface area contributed by atoms with Crippen molar-refractivity contribution < 1.29 is 22.7 Å². The Morgan fingerprint density at radius 2 is 1.96 bits per heavy atom. The van der Waals surface area contributed by atoms with Crippen molar-refractivity contribution in [1.29, 1.82) is 0 Å². The lowest BCUT2D eigenvalue weighted by Gasteiger charge is -2.34.